The van der Waals surface area contributed by atoms with Crippen LogP contribution in [-0.4, -0.2) is 27.4 Å². The molecule has 0 atom stereocenters. The zero-order valence-electron chi connectivity index (χ0n) is 11.3. The number of anilines is 1. The van der Waals surface area contributed by atoms with Gasteiger partial charge in [-0.3, -0.25) is 10.1 Å². The van der Waals surface area contributed by atoms with Crippen molar-refractivity contribution in [3.8, 4) is 5.75 Å². The molecule has 0 saturated carbocycles. The fourth-order valence-corrected chi connectivity index (χ4v) is 1.52. The van der Waals surface area contributed by atoms with E-state index in [2.05, 4.69) is 14.6 Å². The molecule has 11 heteroatoms. The molecule has 0 aliphatic rings. The largest absolute Gasteiger partial charge is 0.507 e. The second-order valence-corrected chi connectivity index (χ2v) is 4.46. The second kappa shape index (κ2) is 5.48. The Balaban J connectivity index is 2.21. The van der Waals surface area contributed by atoms with Gasteiger partial charge in [-0.2, -0.15) is 22.0 Å². The number of alkyl halides is 5. The summed E-state index contributed by atoms with van der Waals surface area (Å²) in [5.41, 5.74) is 0.391. The van der Waals surface area contributed by atoms with E-state index >= 15 is 0 Å². The number of carbonyl (C=O) groups excluding carboxylic acids is 1. The Hall–Kier alpha value is -2.72. The first-order chi connectivity index (χ1) is 10.5. The summed E-state index contributed by atoms with van der Waals surface area (Å²) in [6, 6.07) is 2.99. The Bertz CT molecular complexity index is 742. The van der Waals surface area contributed by atoms with Crippen molar-refractivity contribution in [1.82, 2.24) is 10.2 Å². The van der Waals surface area contributed by atoms with E-state index in [-0.39, 0.29) is 5.56 Å². The van der Waals surface area contributed by atoms with Crippen LogP contribution in [-0.2, 0) is 5.92 Å². The number of hydrogen-bond donors (Lipinski definition) is 2. The van der Waals surface area contributed by atoms with Gasteiger partial charge in [-0.15, -0.1) is 5.10 Å². The molecular weight excluding hydrogens is 329 g/mol. The highest BCUT2D eigenvalue weighted by molar-refractivity contribution is 6.05. The summed E-state index contributed by atoms with van der Waals surface area (Å²) in [6.45, 7) is 1.64. The second-order valence-electron chi connectivity index (χ2n) is 4.46. The number of carbonyl (C=O) groups is 1. The van der Waals surface area contributed by atoms with E-state index in [9.17, 15) is 31.9 Å². The maximum absolute atomic E-state index is 13.0. The molecule has 0 unspecified atom stereocenters. The van der Waals surface area contributed by atoms with Crippen LogP contribution in [0.15, 0.2) is 22.6 Å². The van der Waals surface area contributed by atoms with Crippen molar-refractivity contribution in [2.24, 2.45) is 0 Å². The molecule has 0 bridgehead atoms. The fraction of sp³-hybridized carbons (Fsp3) is 0.250. The van der Waals surface area contributed by atoms with Gasteiger partial charge in [0, 0.05) is 0 Å². The number of halogens is 5. The highest BCUT2D eigenvalue weighted by atomic mass is 19.4. The molecule has 23 heavy (non-hydrogen) atoms. The molecule has 2 rings (SSSR count). The Morgan fingerprint density at radius 2 is 1.87 bits per heavy atom. The molecule has 0 spiro atoms. The lowest BCUT2D eigenvalue weighted by molar-refractivity contribution is -0.297. The Morgan fingerprint density at radius 3 is 2.43 bits per heavy atom. The van der Waals surface area contributed by atoms with Crippen LogP contribution >= 0.6 is 0 Å². The molecule has 0 saturated heterocycles. The number of nitrogens with zero attached hydrogens (tertiary/aromatic N) is 2. The molecular formula is C12H8F5N3O3. The molecule has 6 nitrogen and oxygen atoms in total. The van der Waals surface area contributed by atoms with E-state index in [0.29, 0.717) is 5.56 Å². The van der Waals surface area contributed by atoms with E-state index < -0.39 is 35.7 Å². The Labute approximate surface area is 124 Å². The predicted octanol–water partition coefficient (Wildman–Crippen LogP) is 2.99. The van der Waals surface area contributed by atoms with Crippen LogP contribution in [0.1, 0.15) is 21.8 Å². The molecule has 1 aromatic carbocycles. The van der Waals surface area contributed by atoms with Gasteiger partial charge >= 0.3 is 18.1 Å². The van der Waals surface area contributed by atoms with Crippen molar-refractivity contribution < 1.29 is 36.3 Å². The van der Waals surface area contributed by atoms with Crippen molar-refractivity contribution in [3.05, 3.63) is 35.2 Å². The molecule has 1 amide bonds. The minimum atomic E-state index is -5.92. The lowest BCUT2D eigenvalue weighted by Crippen LogP contribution is -2.34. The van der Waals surface area contributed by atoms with Crippen molar-refractivity contribution in [2.45, 2.75) is 19.0 Å². The number of aryl methyl sites for hydroxylation is 1. The van der Waals surface area contributed by atoms with Gasteiger partial charge in [-0.1, -0.05) is 11.2 Å². The van der Waals surface area contributed by atoms with Crippen LogP contribution in [0.3, 0.4) is 0 Å². The molecule has 124 valence electrons. The number of aromatic nitrogens is 2. The van der Waals surface area contributed by atoms with Crippen LogP contribution in [0, 0.1) is 6.92 Å². The van der Waals surface area contributed by atoms with E-state index in [4.69, 9.17) is 0 Å². The predicted molar refractivity (Wildman–Crippen MR) is 65.0 cm³/mol. The first-order valence-electron chi connectivity index (χ1n) is 5.92. The lowest BCUT2D eigenvalue weighted by atomic mass is 10.1. The van der Waals surface area contributed by atoms with Gasteiger partial charge in [-0.25, -0.2) is 0 Å². The number of aromatic hydroxyl groups is 1. The molecule has 0 radical (unpaired) electrons. The molecule has 2 aromatic rings. The quantitative estimate of drug-likeness (QED) is 0.841. The van der Waals surface area contributed by atoms with Gasteiger partial charge < -0.3 is 9.52 Å². The summed E-state index contributed by atoms with van der Waals surface area (Å²) in [5.74, 6) is -8.79. The van der Waals surface area contributed by atoms with Crippen LogP contribution in [0.4, 0.5) is 28.0 Å². The highest BCUT2D eigenvalue weighted by Crippen LogP contribution is 2.43. The maximum atomic E-state index is 13.0. The normalized spacial score (nSPS) is 12.3. The highest BCUT2D eigenvalue weighted by Gasteiger charge is 2.63. The smallest absolute Gasteiger partial charge is 0.463 e. The summed E-state index contributed by atoms with van der Waals surface area (Å²) in [6.07, 6.45) is -5.92. The number of nitrogens with one attached hydrogen (secondary N) is 1. The average molecular weight is 337 g/mol. The fourth-order valence-electron chi connectivity index (χ4n) is 1.52. The van der Waals surface area contributed by atoms with Crippen molar-refractivity contribution >= 4 is 11.9 Å². The zero-order chi connectivity index (χ0) is 17.4. The lowest BCUT2D eigenvalue weighted by Gasteiger charge is -2.14. The van der Waals surface area contributed by atoms with E-state index in [1.165, 1.54) is 18.2 Å². The maximum Gasteiger partial charge on any atom is 0.463 e. The molecule has 1 aromatic heterocycles. The number of phenols is 1. The first kappa shape index (κ1) is 16.6. The Kier molecular flexibility index (Phi) is 3.97. The standard InChI is InChI=1S/C12H8F5N3O3/c1-5-2-3-6(7(21)4-5)8(22)18-10-20-19-9(23-10)11(13,14)12(15,16)17/h2-4,21H,1H3,(H,18,20,22). The summed E-state index contributed by atoms with van der Waals surface area (Å²) < 4.78 is 66.5. The molecule has 0 aliphatic carbocycles. The topological polar surface area (TPSA) is 88.3 Å². The molecule has 0 aliphatic heterocycles. The SMILES string of the molecule is Cc1ccc(C(=O)Nc2nnc(C(F)(F)C(F)(F)F)o2)c(O)c1. The van der Waals surface area contributed by atoms with Gasteiger partial charge in [0.05, 0.1) is 5.56 Å². The first-order valence-corrected chi connectivity index (χ1v) is 5.92. The minimum absolute atomic E-state index is 0.252. The van der Waals surface area contributed by atoms with Crippen LogP contribution < -0.4 is 5.32 Å². The minimum Gasteiger partial charge on any atom is -0.507 e. The molecule has 2 N–H and O–H groups in total. The third-order valence-electron chi connectivity index (χ3n) is 2.67. The number of hydrogen-bond acceptors (Lipinski definition) is 5. The summed E-state index contributed by atoms with van der Waals surface area (Å²) in [7, 11) is 0. The number of phenolic OH excluding ortho intramolecular Hbond substituents is 1. The van der Waals surface area contributed by atoms with Crippen LogP contribution in [0.5, 0.6) is 5.75 Å². The Morgan fingerprint density at radius 1 is 1.22 bits per heavy atom. The summed E-state index contributed by atoms with van der Waals surface area (Å²) in [4.78, 5) is 11.8. The molecule has 1 heterocycles. The van der Waals surface area contributed by atoms with Crippen molar-refractivity contribution in [3.63, 3.8) is 0 Å². The van der Waals surface area contributed by atoms with Gasteiger partial charge in [0.1, 0.15) is 5.75 Å². The van der Waals surface area contributed by atoms with Crippen molar-refractivity contribution in [1.29, 1.82) is 0 Å². The third-order valence-corrected chi connectivity index (χ3v) is 2.67. The monoisotopic (exact) mass is 337 g/mol. The van der Waals surface area contributed by atoms with E-state index in [1.807, 2.05) is 5.32 Å². The molecule has 0 fully saturated rings. The van der Waals surface area contributed by atoms with Crippen LogP contribution in [0.25, 0.3) is 0 Å². The van der Waals surface area contributed by atoms with Crippen LogP contribution in [0.2, 0.25) is 0 Å². The van der Waals surface area contributed by atoms with Gasteiger partial charge in [0.2, 0.25) is 0 Å². The zero-order valence-corrected chi connectivity index (χ0v) is 11.3. The van der Waals surface area contributed by atoms with Gasteiger partial charge in [-0.05, 0) is 24.6 Å². The average Bonchev–Trinajstić information content (AvgIpc) is 2.86. The van der Waals surface area contributed by atoms with Crippen molar-refractivity contribution in [2.75, 3.05) is 5.32 Å². The number of benzene rings is 1. The summed E-state index contributed by atoms with van der Waals surface area (Å²) in [5, 5.41) is 16.9. The van der Waals surface area contributed by atoms with Gasteiger partial charge in [0.25, 0.3) is 11.8 Å². The van der Waals surface area contributed by atoms with Gasteiger partial charge in [0.15, 0.2) is 0 Å². The third kappa shape index (κ3) is 3.22. The van der Waals surface area contributed by atoms with E-state index in [0.717, 1.165) is 0 Å². The van der Waals surface area contributed by atoms with E-state index in [1.54, 1.807) is 6.92 Å². The number of amides is 1. The number of rotatable bonds is 3. The summed E-state index contributed by atoms with van der Waals surface area (Å²) >= 11 is 0.